The van der Waals surface area contributed by atoms with Gasteiger partial charge < -0.3 is 26.4 Å². The summed E-state index contributed by atoms with van der Waals surface area (Å²) in [4.78, 5) is 31.1. The molecule has 0 aliphatic carbocycles. The quantitative estimate of drug-likeness (QED) is 0.636. The highest BCUT2D eigenvalue weighted by molar-refractivity contribution is 5.96. The van der Waals surface area contributed by atoms with Gasteiger partial charge >= 0.3 is 6.09 Å². The molecule has 1 heterocycles. The Hall–Kier alpha value is -2.58. The van der Waals surface area contributed by atoms with Gasteiger partial charge in [-0.2, -0.15) is 0 Å². The molecule has 0 saturated heterocycles. The largest absolute Gasteiger partial charge is 0.444 e. The lowest BCUT2D eigenvalue weighted by atomic mass is 10.2. The number of hydrogen-bond acceptors (Lipinski definition) is 7. The Morgan fingerprint density at radius 3 is 2.59 bits per heavy atom. The van der Waals surface area contributed by atoms with Crippen LogP contribution in [0.1, 0.15) is 27.2 Å². The van der Waals surface area contributed by atoms with Gasteiger partial charge in [-0.15, -0.1) is 0 Å². The summed E-state index contributed by atoms with van der Waals surface area (Å²) < 4.78 is 5.06. The van der Waals surface area contributed by atoms with Crippen molar-refractivity contribution in [3.8, 4) is 0 Å². The second-order valence-corrected chi connectivity index (χ2v) is 5.46. The maximum absolute atomic E-state index is 11.9. The third kappa shape index (κ3) is 5.81. The molecule has 0 bridgehead atoms. The summed E-state index contributed by atoms with van der Waals surface area (Å²) in [7, 11) is 1.65. The molecule has 1 rings (SSSR count). The highest BCUT2D eigenvalue weighted by Gasteiger charge is 2.16. The highest BCUT2D eigenvalue weighted by atomic mass is 16.6. The molecule has 5 N–H and O–H groups in total. The Bertz CT molecular complexity index is 541. The van der Waals surface area contributed by atoms with Crippen LogP contribution in [0.3, 0.4) is 0 Å². The molecular formula is C13H22N6O3. The van der Waals surface area contributed by atoms with Crippen molar-refractivity contribution in [2.24, 2.45) is 0 Å². The van der Waals surface area contributed by atoms with Crippen molar-refractivity contribution in [3.05, 3.63) is 6.33 Å². The third-order valence-corrected chi connectivity index (χ3v) is 2.40. The van der Waals surface area contributed by atoms with Gasteiger partial charge in [0.25, 0.3) is 0 Å². The fourth-order valence-corrected chi connectivity index (χ4v) is 1.51. The molecule has 22 heavy (non-hydrogen) atoms. The molecule has 0 unspecified atom stereocenters. The number of aromatic nitrogens is 2. The molecule has 0 aliphatic rings. The topological polar surface area (TPSA) is 131 Å². The predicted octanol–water partition coefficient (Wildman–Crippen LogP) is 0.954. The van der Waals surface area contributed by atoms with Crippen LogP contribution in [0.4, 0.5) is 22.1 Å². The lowest BCUT2D eigenvalue weighted by molar-refractivity contribution is -0.116. The van der Waals surface area contributed by atoms with Gasteiger partial charge in [0, 0.05) is 20.0 Å². The van der Waals surface area contributed by atoms with Gasteiger partial charge in [-0.25, -0.2) is 14.8 Å². The molecule has 0 aliphatic heterocycles. The zero-order valence-corrected chi connectivity index (χ0v) is 13.2. The number of alkyl carbamates (subject to hydrolysis) is 1. The zero-order chi connectivity index (χ0) is 16.8. The van der Waals surface area contributed by atoms with E-state index in [-0.39, 0.29) is 24.7 Å². The molecule has 0 saturated carbocycles. The van der Waals surface area contributed by atoms with Crippen LogP contribution in [-0.4, -0.2) is 41.2 Å². The number of nitrogens with two attached hydrogens (primary N) is 1. The number of anilines is 3. The van der Waals surface area contributed by atoms with Crippen LogP contribution in [0.15, 0.2) is 6.33 Å². The second kappa shape index (κ2) is 7.43. The van der Waals surface area contributed by atoms with E-state index in [0.29, 0.717) is 11.5 Å². The molecule has 9 heteroatoms. The minimum absolute atomic E-state index is 0.0662. The first kappa shape index (κ1) is 17.5. The normalized spacial score (nSPS) is 10.7. The Morgan fingerprint density at radius 1 is 1.32 bits per heavy atom. The summed E-state index contributed by atoms with van der Waals surface area (Å²) in [5.74, 6) is 0.253. The number of nitrogen functional groups attached to an aromatic ring is 1. The first-order valence-corrected chi connectivity index (χ1v) is 6.78. The van der Waals surface area contributed by atoms with Gasteiger partial charge in [0.1, 0.15) is 17.6 Å². The number of carbonyl (C=O) groups is 2. The number of nitrogens with one attached hydrogen (secondary N) is 3. The summed E-state index contributed by atoms with van der Waals surface area (Å²) in [5.41, 5.74) is 5.43. The van der Waals surface area contributed by atoms with E-state index in [1.54, 1.807) is 27.8 Å². The molecule has 0 aromatic carbocycles. The summed E-state index contributed by atoms with van der Waals surface area (Å²) in [6.45, 7) is 5.42. The number of amides is 2. The van der Waals surface area contributed by atoms with E-state index < -0.39 is 11.7 Å². The first-order chi connectivity index (χ1) is 10.2. The Kier molecular flexibility index (Phi) is 5.90. The molecule has 1 aromatic heterocycles. The van der Waals surface area contributed by atoms with E-state index in [1.165, 1.54) is 6.33 Å². The molecule has 2 amide bonds. The molecule has 1 aromatic rings. The van der Waals surface area contributed by atoms with Crippen molar-refractivity contribution < 1.29 is 14.3 Å². The van der Waals surface area contributed by atoms with Crippen LogP contribution in [0.2, 0.25) is 0 Å². The summed E-state index contributed by atoms with van der Waals surface area (Å²) in [6.07, 6.45) is 0.788. The fourth-order valence-electron chi connectivity index (χ4n) is 1.51. The van der Waals surface area contributed by atoms with Crippen LogP contribution in [0.25, 0.3) is 0 Å². The smallest absolute Gasteiger partial charge is 0.407 e. The molecular weight excluding hydrogens is 288 g/mol. The predicted molar refractivity (Wildman–Crippen MR) is 83.5 cm³/mol. The van der Waals surface area contributed by atoms with Crippen molar-refractivity contribution in [2.75, 3.05) is 30.0 Å². The minimum atomic E-state index is -0.579. The van der Waals surface area contributed by atoms with Crippen LogP contribution < -0.4 is 21.7 Å². The first-order valence-electron chi connectivity index (χ1n) is 6.78. The van der Waals surface area contributed by atoms with Gasteiger partial charge in [0.05, 0.1) is 0 Å². The summed E-state index contributed by atoms with van der Waals surface area (Å²) >= 11 is 0. The van der Waals surface area contributed by atoms with E-state index in [2.05, 4.69) is 25.9 Å². The minimum Gasteiger partial charge on any atom is -0.444 e. The number of rotatable bonds is 5. The van der Waals surface area contributed by atoms with E-state index in [1.807, 2.05) is 0 Å². The SMILES string of the molecule is CNc1ncnc(N)c1NC(=O)CCNC(=O)OC(C)(C)C. The van der Waals surface area contributed by atoms with E-state index in [4.69, 9.17) is 10.5 Å². The fraction of sp³-hybridized carbons (Fsp3) is 0.538. The molecule has 0 atom stereocenters. The van der Waals surface area contributed by atoms with E-state index >= 15 is 0 Å². The monoisotopic (exact) mass is 310 g/mol. The molecule has 0 spiro atoms. The maximum atomic E-state index is 11.9. The number of hydrogen-bond donors (Lipinski definition) is 4. The van der Waals surface area contributed by atoms with Crippen LogP contribution >= 0.6 is 0 Å². The standard InChI is InChI=1S/C13H22N6O3/c1-13(2,3)22-12(21)16-6-5-8(20)19-9-10(14)17-7-18-11(9)15-4/h7H,5-6H2,1-4H3,(H,16,21)(H,19,20)(H3,14,15,17,18). The van der Waals surface area contributed by atoms with Gasteiger partial charge in [-0.1, -0.05) is 0 Å². The zero-order valence-electron chi connectivity index (χ0n) is 13.2. The van der Waals surface area contributed by atoms with Crippen LogP contribution in [0, 0.1) is 0 Å². The average Bonchev–Trinajstić information content (AvgIpc) is 2.39. The summed E-state index contributed by atoms with van der Waals surface area (Å²) in [5, 5.41) is 7.91. The van der Waals surface area contributed by atoms with E-state index in [9.17, 15) is 9.59 Å². The van der Waals surface area contributed by atoms with Gasteiger partial charge in [-0.05, 0) is 20.8 Å². The number of ether oxygens (including phenoxy) is 1. The van der Waals surface area contributed by atoms with E-state index in [0.717, 1.165) is 0 Å². The third-order valence-electron chi connectivity index (χ3n) is 2.40. The number of carbonyl (C=O) groups excluding carboxylic acids is 2. The van der Waals surface area contributed by atoms with Crippen molar-refractivity contribution >= 4 is 29.3 Å². The molecule has 122 valence electrons. The second-order valence-electron chi connectivity index (χ2n) is 5.46. The Labute approximate surface area is 129 Å². The number of nitrogens with zero attached hydrogens (tertiary/aromatic N) is 2. The van der Waals surface area contributed by atoms with Crippen LogP contribution in [0.5, 0.6) is 0 Å². The lowest BCUT2D eigenvalue weighted by Crippen LogP contribution is -2.34. The van der Waals surface area contributed by atoms with Gasteiger partial charge in [0.2, 0.25) is 5.91 Å². The van der Waals surface area contributed by atoms with Crippen molar-refractivity contribution in [1.82, 2.24) is 15.3 Å². The molecule has 0 fully saturated rings. The molecule has 0 radical (unpaired) electrons. The summed E-state index contributed by atoms with van der Waals surface area (Å²) in [6, 6.07) is 0. The Morgan fingerprint density at radius 2 is 2.00 bits per heavy atom. The maximum Gasteiger partial charge on any atom is 0.407 e. The van der Waals surface area contributed by atoms with Crippen molar-refractivity contribution in [3.63, 3.8) is 0 Å². The highest BCUT2D eigenvalue weighted by Crippen LogP contribution is 2.23. The lowest BCUT2D eigenvalue weighted by Gasteiger charge is -2.19. The Balaban J connectivity index is 2.46. The van der Waals surface area contributed by atoms with Crippen molar-refractivity contribution in [2.45, 2.75) is 32.8 Å². The molecule has 9 nitrogen and oxygen atoms in total. The van der Waals surface area contributed by atoms with Gasteiger partial charge in [-0.3, -0.25) is 4.79 Å². The average molecular weight is 310 g/mol. The van der Waals surface area contributed by atoms with Gasteiger partial charge in [0.15, 0.2) is 11.6 Å². The van der Waals surface area contributed by atoms with Crippen LogP contribution in [-0.2, 0) is 9.53 Å². The van der Waals surface area contributed by atoms with Crippen molar-refractivity contribution in [1.29, 1.82) is 0 Å².